The van der Waals surface area contributed by atoms with Crippen LogP contribution in [-0.2, 0) is 0 Å². The summed E-state index contributed by atoms with van der Waals surface area (Å²) in [5.74, 6) is 0.561. The quantitative estimate of drug-likeness (QED) is 0.630. The maximum atomic E-state index is 14.2. The van der Waals surface area contributed by atoms with E-state index >= 15 is 0 Å². The third-order valence-corrected chi connectivity index (χ3v) is 4.44. The third kappa shape index (κ3) is 3.28. The maximum absolute atomic E-state index is 14.2. The van der Waals surface area contributed by atoms with Gasteiger partial charge in [-0.15, -0.1) is 11.6 Å². The first-order valence-electron chi connectivity index (χ1n) is 5.99. The summed E-state index contributed by atoms with van der Waals surface area (Å²) in [5.41, 5.74) is 0.883. The van der Waals surface area contributed by atoms with Crippen molar-refractivity contribution in [3.05, 3.63) is 56.8 Å². The van der Waals surface area contributed by atoms with E-state index in [1.54, 1.807) is 30.3 Å². The van der Waals surface area contributed by atoms with E-state index in [1.165, 1.54) is 14.2 Å². The molecule has 2 nitrogen and oxygen atoms in total. The van der Waals surface area contributed by atoms with Crippen LogP contribution < -0.4 is 9.47 Å². The highest BCUT2D eigenvalue weighted by Gasteiger charge is 2.21. The van der Waals surface area contributed by atoms with Crippen LogP contribution >= 0.6 is 39.1 Å². The molecule has 0 aliphatic carbocycles. The highest BCUT2D eigenvalue weighted by atomic mass is 79.9. The monoisotopic (exact) mass is 392 g/mol. The van der Waals surface area contributed by atoms with Crippen molar-refractivity contribution < 1.29 is 13.9 Å². The summed E-state index contributed by atoms with van der Waals surface area (Å²) >= 11 is 15.8. The van der Waals surface area contributed by atoms with Gasteiger partial charge in [-0.3, -0.25) is 0 Å². The van der Waals surface area contributed by atoms with Crippen LogP contribution in [-0.4, -0.2) is 14.2 Å². The van der Waals surface area contributed by atoms with Gasteiger partial charge in [0.05, 0.1) is 24.1 Å². The Bertz CT molecular complexity index is 664. The van der Waals surface area contributed by atoms with E-state index < -0.39 is 11.2 Å². The van der Waals surface area contributed by atoms with Crippen LogP contribution in [0.4, 0.5) is 4.39 Å². The first kappa shape index (κ1) is 16.4. The van der Waals surface area contributed by atoms with Crippen LogP contribution in [0, 0.1) is 5.82 Å². The van der Waals surface area contributed by atoms with Gasteiger partial charge < -0.3 is 9.47 Å². The summed E-state index contributed by atoms with van der Waals surface area (Å²) < 4.78 is 24.9. The van der Waals surface area contributed by atoms with Gasteiger partial charge in [-0.1, -0.05) is 23.7 Å². The van der Waals surface area contributed by atoms with E-state index in [4.69, 9.17) is 32.7 Å². The van der Waals surface area contributed by atoms with Crippen molar-refractivity contribution in [3.63, 3.8) is 0 Å². The Morgan fingerprint density at radius 2 is 1.71 bits per heavy atom. The Labute approximate surface area is 140 Å². The average molecular weight is 394 g/mol. The zero-order valence-electron chi connectivity index (χ0n) is 11.3. The average Bonchev–Trinajstić information content (AvgIpc) is 2.49. The van der Waals surface area contributed by atoms with E-state index in [1.807, 2.05) is 0 Å². The molecule has 0 aromatic heterocycles. The number of rotatable bonds is 4. The summed E-state index contributed by atoms with van der Waals surface area (Å²) in [6.45, 7) is 0. The minimum absolute atomic E-state index is 0.333. The summed E-state index contributed by atoms with van der Waals surface area (Å²) in [7, 11) is 3.03. The number of benzene rings is 2. The topological polar surface area (TPSA) is 18.5 Å². The molecule has 1 unspecified atom stereocenters. The minimum atomic E-state index is -0.741. The molecule has 0 bridgehead atoms. The maximum Gasteiger partial charge on any atom is 0.162 e. The zero-order valence-corrected chi connectivity index (χ0v) is 14.4. The van der Waals surface area contributed by atoms with Crippen molar-refractivity contribution in [2.75, 3.05) is 14.2 Å². The van der Waals surface area contributed by atoms with Crippen LogP contribution in [0.25, 0.3) is 0 Å². The van der Waals surface area contributed by atoms with Gasteiger partial charge in [0.1, 0.15) is 5.82 Å². The molecule has 112 valence electrons. The van der Waals surface area contributed by atoms with E-state index in [-0.39, 0.29) is 0 Å². The Kier molecular flexibility index (Phi) is 5.36. The van der Waals surface area contributed by atoms with Crippen LogP contribution in [0.1, 0.15) is 16.5 Å². The van der Waals surface area contributed by atoms with Gasteiger partial charge in [0.25, 0.3) is 0 Å². The van der Waals surface area contributed by atoms with Crippen LogP contribution in [0.15, 0.2) is 34.8 Å². The van der Waals surface area contributed by atoms with Crippen molar-refractivity contribution in [1.82, 2.24) is 0 Å². The Morgan fingerprint density at radius 3 is 2.33 bits per heavy atom. The molecular formula is C15H12BrCl2FO2. The molecule has 0 aliphatic rings. The second kappa shape index (κ2) is 6.86. The molecule has 0 N–H and O–H groups in total. The zero-order chi connectivity index (χ0) is 15.6. The molecule has 1 atom stereocenters. The van der Waals surface area contributed by atoms with Crippen molar-refractivity contribution in [2.45, 2.75) is 5.38 Å². The molecule has 0 saturated heterocycles. The Balaban J connectivity index is 2.53. The largest absolute Gasteiger partial charge is 0.493 e. The SMILES string of the molecule is COc1cc(Cl)c(C(Cl)c2cccc(Br)c2F)cc1OC. The molecule has 0 heterocycles. The lowest BCUT2D eigenvalue weighted by Crippen LogP contribution is -2.00. The molecule has 0 amide bonds. The third-order valence-electron chi connectivity index (χ3n) is 3.03. The van der Waals surface area contributed by atoms with Crippen LogP contribution in [0.3, 0.4) is 0 Å². The second-order valence-electron chi connectivity index (χ2n) is 4.23. The van der Waals surface area contributed by atoms with Crippen molar-refractivity contribution in [2.24, 2.45) is 0 Å². The van der Waals surface area contributed by atoms with Crippen molar-refractivity contribution in [1.29, 1.82) is 0 Å². The van der Waals surface area contributed by atoms with E-state index in [0.717, 1.165) is 0 Å². The molecule has 2 rings (SSSR count). The van der Waals surface area contributed by atoms with Gasteiger partial charge >= 0.3 is 0 Å². The fourth-order valence-electron chi connectivity index (χ4n) is 1.95. The van der Waals surface area contributed by atoms with E-state index in [9.17, 15) is 4.39 Å². The molecule has 0 fully saturated rings. The summed E-state index contributed by atoms with van der Waals surface area (Å²) in [4.78, 5) is 0. The van der Waals surface area contributed by atoms with Crippen molar-refractivity contribution >= 4 is 39.1 Å². The van der Waals surface area contributed by atoms with Crippen LogP contribution in [0.5, 0.6) is 11.5 Å². The lowest BCUT2D eigenvalue weighted by Gasteiger charge is -2.16. The number of halogens is 4. The summed E-state index contributed by atoms with van der Waals surface area (Å²) in [6.07, 6.45) is 0. The number of hydrogen-bond acceptors (Lipinski definition) is 2. The van der Waals surface area contributed by atoms with Crippen LogP contribution in [0.2, 0.25) is 5.02 Å². The number of hydrogen-bond donors (Lipinski definition) is 0. The summed E-state index contributed by atoms with van der Waals surface area (Å²) in [5, 5.41) is -0.359. The first-order valence-corrected chi connectivity index (χ1v) is 7.59. The van der Waals surface area contributed by atoms with Gasteiger partial charge in [0, 0.05) is 16.7 Å². The molecule has 0 aliphatic heterocycles. The molecule has 21 heavy (non-hydrogen) atoms. The predicted octanol–water partition coefficient (Wildman–Crippen LogP) is 5.59. The molecule has 0 radical (unpaired) electrons. The van der Waals surface area contributed by atoms with Gasteiger partial charge in [-0.25, -0.2) is 4.39 Å². The van der Waals surface area contributed by atoms with Gasteiger partial charge in [-0.2, -0.15) is 0 Å². The summed E-state index contributed by atoms with van der Waals surface area (Å²) in [6, 6.07) is 8.19. The minimum Gasteiger partial charge on any atom is -0.493 e. The smallest absolute Gasteiger partial charge is 0.162 e. The van der Waals surface area contributed by atoms with Gasteiger partial charge in [0.2, 0.25) is 0 Å². The molecule has 0 saturated carbocycles. The fourth-order valence-corrected chi connectivity index (χ4v) is 3.00. The van der Waals surface area contributed by atoms with Crippen molar-refractivity contribution in [3.8, 4) is 11.5 Å². The molecule has 2 aromatic carbocycles. The lowest BCUT2D eigenvalue weighted by atomic mass is 10.0. The molecule has 2 aromatic rings. The normalized spacial score (nSPS) is 12.1. The number of alkyl halides is 1. The Morgan fingerprint density at radius 1 is 1.10 bits per heavy atom. The number of ether oxygens (including phenoxy) is 2. The standard InChI is InChI=1S/C15H12BrCl2FO2/c1-20-12-6-9(11(17)7-13(12)21-2)14(18)8-4-3-5-10(16)15(8)19/h3-7,14H,1-2H3. The molecular weight excluding hydrogens is 382 g/mol. The number of methoxy groups -OCH3 is 2. The first-order chi connectivity index (χ1) is 9.99. The van der Waals surface area contributed by atoms with E-state index in [0.29, 0.717) is 32.1 Å². The lowest BCUT2D eigenvalue weighted by molar-refractivity contribution is 0.354. The molecule has 0 spiro atoms. The fraction of sp³-hybridized carbons (Fsp3) is 0.200. The van der Waals surface area contributed by atoms with Gasteiger partial charge in [0.15, 0.2) is 11.5 Å². The second-order valence-corrected chi connectivity index (χ2v) is 5.93. The molecule has 6 heteroatoms. The highest BCUT2D eigenvalue weighted by molar-refractivity contribution is 9.10. The highest BCUT2D eigenvalue weighted by Crippen LogP contribution is 2.41. The van der Waals surface area contributed by atoms with E-state index in [2.05, 4.69) is 15.9 Å². The Hall–Kier alpha value is -0.970. The predicted molar refractivity (Wildman–Crippen MR) is 86.4 cm³/mol. The van der Waals surface area contributed by atoms with Gasteiger partial charge in [-0.05, 0) is 33.6 Å².